The van der Waals surface area contributed by atoms with Gasteiger partial charge in [-0.15, -0.1) is 11.6 Å². The van der Waals surface area contributed by atoms with Gasteiger partial charge in [-0.3, -0.25) is 0 Å². The predicted octanol–water partition coefficient (Wildman–Crippen LogP) is 0.382. The van der Waals surface area contributed by atoms with Crippen LogP contribution >= 0.6 is 11.6 Å². The first-order chi connectivity index (χ1) is 8.74. The Labute approximate surface area is 118 Å². The zero-order valence-electron chi connectivity index (χ0n) is 10.0. The average Bonchev–Trinajstić information content (AvgIpc) is 2.34. The van der Waals surface area contributed by atoms with Crippen LogP contribution in [0.2, 0.25) is 0 Å². The number of hydrogen-bond donors (Lipinski definition) is 2. The molecule has 0 heterocycles. The zero-order valence-corrected chi connectivity index (χ0v) is 12.4. The molecular weight excluding hydrogens is 312 g/mol. The summed E-state index contributed by atoms with van der Waals surface area (Å²) in [5.74, 6) is 0.202. The lowest BCUT2D eigenvalue weighted by Crippen LogP contribution is -2.26. The van der Waals surface area contributed by atoms with Gasteiger partial charge in [-0.25, -0.2) is 26.7 Å². The van der Waals surface area contributed by atoms with Crippen molar-refractivity contribution in [1.82, 2.24) is 4.72 Å². The number of hydrogen-bond acceptors (Lipinski definition) is 4. The van der Waals surface area contributed by atoms with Crippen molar-refractivity contribution in [2.75, 3.05) is 11.6 Å². The summed E-state index contributed by atoms with van der Waals surface area (Å²) in [5.41, 5.74) is 0.515. The predicted molar refractivity (Wildman–Crippen MR) is 73.8 cm³/mol. The normalized spacial score (nSPS) is 12.5. The van der Waals surface area contributed by atoms with Crippen molar-refractivity contribution < 1.29 is 16.8 Å². The molecule has 0 saturated carbocycles. The average molecular weight is 327 g/mol. The fraction of sp³-hybridized carbons (Fsp3) is 0.400. The molecule has 9 heteroatoms. The molecule has 0 saturated heterocycles. The van der Waals surface area contributed by atoms with Crippen LogP contribution in [0.5, 0.6) is 0 Å². The Hall–Kier alpha value is -0.670. The fourth-order valence-electron chi connectivity index (χ4n) is 1.34. The van der Waals surface area contributed by atoms with E-state index in [9.17, 15) is 16.8 Å². The highest BCUT2D eigenvalue weighted by molar-refractivity contribution is 7.89. The first-order valence-electron chi connectivity index (χ1n) is 5.40. The number of nitrogens with one attached hydrogen (secondary N) is 1. The Bertz CT molecular complexity index is 629. The van der Waals surface area contributed by atoms with Gasteiger partial charge in [-0.2, -0.15) is 0 Å². The monoisotopic (exact) mass is 326 g/mol. The molecule has 0 spiro atoms. The second-order valence-corrected chi connectivity index (χ2v) is 7.74. The van der Waals surface area contributed by atoms with Gasteiger partial charge in [0.15, 0.2) is 0 Å². The molecule has 1 rings (SSSR count). The molecule has 0 aliphatic heterocycles. The minimum absolute atomic E-state index is 0.00792. The van der Waals surface area contributed by atoms with Gasteiger partial charge in [-0.1, -0.05) is 12.1 Å². The van der Waals surface area contributed by atoms with Crippen molar-refractivity contribution in [3.63, 3.8) is 0 Å². The summed E-state index contributed by atoms with van der Waals surface area (Å²) in [6.07, 6.45) is 0.355. The number of alkyl halides is 1. The maximum atomic E-state index is 11.5. The summed E-state index contributed by atoms with van der Waals surface area (Å²) in [6.45, 7) is 0.00792. The number of rotatable bonds is 7. The SMILES string of the molecule is NS(=O)(=O)c1cccc(CNS(=O)(=O)CCCCl)c1. The lowest BCUT2D eigenvalue weighted by atomic mass is 10.2. The van der Waals surface area contributed by atoms with Gasteiger partial charge in [0.05, 0.1) is 10.6 Å². The third kappa shape index (κ3) is 5.87. The van der Waals surface area contributed by atoms with Gasteiger partial charge in [0, 0.05) is 12.4 Å². The Kier molecular flexibility index (Phi) is 5.75. The summed E-state index contributed by atoms with van der Waals surface area (Å²) < 4.78 is 47.7. The van der Waals surface area contributed by atoms with Crippen molar-refractivity contribution >= 4 is 31.6 Å². The van der Waals surface area contributed by atoms with Gasteiger partial charge in [0.25, 0.3) is 0 Å². The van der Waals surface area contributed by atoms with Crippen LogP contribution < -0.4 is 9.86 Å². The summed E-state index contributed by atoms with van der Waals surface area (Å²) in [6, 6.07) is 5.79. The molecule has 0 fully saturated rings. The highest BCUT2D eigenvalue weighted by atomic mass is 35.5. The van der Waals surface area contributed by atoms with Gasteiger partial charge in [0.1, 0.15) is 0 Å². The van der Waals surface area contributed by atoms with E-state index in [0.717, 1.165) is 0 Å². The molecule has 0 amide bonds. The highest BCUT2D eigenvalue weighted by Crippen LogP contribution is 2.10. The molecular formula is C10H15ClN2O4S2. The van der Waals surface area contributed by atoms with Gasteiger partial charge >= 0.3 is 0 Å². The standard InChI is InChI=1S/C10H15ClN2O4S2/c11-5-2-6-18(14,15)13-8-9-3-1-4-10(7-9)19(12,16)17/h1,3-4,7,13H,2,5-6,8H2,(H2,12,16,17). The van der Waals surface area contributed by atoms with Crippen LogP contribution in [0.15, 0.2) is 29.2 Å². The number of primary sulfonamides is 1. The van der Waals surface area contributed by atoms with E-state index < -0.39 is 20.0 Å². The second-order valence-electron chi connectivity index (χ2n) is 3.87. The van der Waals surface area contributed by atoms with Crippen LogP contribution in [0.1, 0.15) is 12.0 Å². The summed E-state index contributed by atoms with van der Waals surface area (Å²) in [5, 5.41) is 4.99. The molecule has 6 nitrogen and oxygen atoms in total. The van der Waals surface area contributed by atoms with E-state index in [1.807, 2.05) is 0 Å². The minimum atomic E-state index is -3.79. The number of sulfonamides is 2. The smallest absolute Gasteiger partial charge is 0.225 e. The van der Waals surface area contributed by atoms with Crippen molar-refractivity contribution in [2.24, 2.45) is 5.14 Å². The van der Waals surface area contributed by atoms with Crippen LogP contribution in [0, 0.1) is 0 Å². The van der Waals surface area contributed by atoms with E-state index in [4.69, 9.17) is 16.7 Å². The van der Waals surface area contributed by atoms with Crippen LogP contribution in [-0.2, 0) is 26.6 Å². The molecule has 1 aromatic carbocycles. The maximum Gasteiger partial charge on any atom is 0.238 e. The van der Waals surface area contributed by atoms with E-state index in [0.29, 0.717) is 12.0 Å². The van der Waals surface area contributed by atoms with Crippen molar-refractivity contribution in [1.29, 1.82) is 0 Å². The Morgan fingerprint density at radius 3 is 2.47 bits per heavy atom. The quantitative estimate of drug-likeness (QED) is 0.706. The molecule has 0 atom stereocenters. The van der Waals surface area contributed by atoms with Crippen LogP contribution in [0.3, 0.4) is 0 Å². The first kappa shape index (κ1) is 16.4. The molecule has 0 aliphatic carbocycles. The molecule has 0 bridgehead atoms. The van der Waals surface area contributed by atoms with Crippen LogP contribution in [0.4, 0.5) is 0 Å². The van der Waals surface area contributed by atoms with E-state index in [2.05, 4.69) is 4.72 Å². The van der Waals surface area contributed by atoms with Crippen molar-refractivity contribution in [2.45, 2.75) is 17.9 Å². The third-order valence-corrected chi connectivity index (χ3v) is 4.86. The Morgan fingerprint density at radius 1 is 1.21 bits per heavy atom. The molecule has 19 heavy (non-hydrogen) atoms. The van der Waals surface area contributed by atoms with Crippen molar-refractivity contribution in [3.05, 3.63) is 29.8 Å². The largest absolute Gasteiger partial charge is 0.238 e. The first-order valence-corrected chi connectivity index (χ1v) is 9.13. The highest BCUT2D eigenvalue weighted by Gasteiger charge is 2.11. The molecule has 3 N–H and O–H groups in total. The van der Waals surface area contributed by atoms with Crippen LogP contribution in [0.25, 0.3) is 0 Å². The fourth-order valence-corrected chi connectivity index (χ4v) is 3.27. The lowest BCUT2D eigenvalue weighted by molar-refractivity contribution is 0.580. The van der Waals surface area contributed by atoms with Gasteiger partial charge in [-0.05, 0) is 24.1 Å². The zero-order chi connectivity index (χ0) is 14.5. The number of nitrogens with two attached hydrogens (primary N) is 1. The molecule has 0 aliphatic rings. The molecule has 0 unspecified atom stereocenters. The number of halogens is 1. The lowest BCUT2D eigenvalue weighted by Gasteiger charge is -2.07. The summed E-state index contributed by atoms with van der Waals surface area (Å²) in [7, 11) is -7.19. The number of benzene rings is 1. The van der Waals surface area contributed by atoms with Gasteiger partial charge in [0.2, 0.25) is 20.0 Å². The van der Waals surface area contributed by atoms with E-state index in [1.165, 1.54) is 18.2 Å². The molecule has 108 valence electrons. The van der Waals surface area contributed by atoms with E-state index in [1.54, 1.807) is 6.07 Å². The Morgan fingerprint density at radius 2 is 1.89 bits per heavy atom. The molecule has 0 radical (unpaired) electrons. The van der Waals surface area contributed by atoms with Gasteiger partial charge < -0.3 is 0 Å². The summed E-state index contributed by atoms with van der Waals surface area (Å²) >= 11 is 5.42. The maximum absolute atomic E-state index is 11.5. The molecule has 0 aromatic heterocycles. The van der Waals surface area contributed by atoms with E-state index >= 15 is 0 Å². The van der Waals surface area contributed by atoms with Crippen molar-refractivity contribution in [3.8, 4) is 0 Å². The topological polar surface area (TPSA) is 106 Å². The minimum Gasteiger partial charge on any atom is -0.225 e. The Balaban J connectivity index is 2.74. The molecule has 1 aromatic rings. The summed E-state index contributed by atoms with van der Waals surface area (Å²) in [4.78, 5) is -0.0510. The third-order valence-electron chi connectivity index (χ3n) is 2.27. The second kappa shape index (κ2) is 6.67. The van der Waals surface area contributed by atoms with Crippen LogP contribution in [-0.4, -0.2) is 28.5 Å². The van der Waals surface area contributed by atoms with E-state index in [-0.39, 0.29) is 23.1 Å².